The van der Waals surface area contributed by atoms with Crippen LogP contribution >= 0.6 is 0 Å². The molecule has 22 heavy (non-hydrogen) atoms. The molecule has 102 valence electrons. The van der Waals surface area contributed by atoms with E-state index >= 15 is 0 Å². The second-order valence-corrected chi connectivity index (χ2v) is 5.54. The summed E-state index contributed by atoms with van der Waals surface area (Å²) in [5, 5.41) is 7.12. The van der Waals surface area contributed by atoms with Gasteiger partial charge in [0.05, 0.1) is 11.0 Å². The maximum atomic E-state index is 4.64. The van der Waals surface area contributed by atoms with Crippen LogP contribution < -0.4 is 0 Å². The van der Waals surface area contributed by atoms with Crippen LogP contribution in [0.15, 0.2) is 73.1 Å². The third-order valence-corrected chi connectivity index (χ3v) is 4.31. The van der Waals surface area contributed by atoms with Gasteiger partial charge in [0.1, 0.15) is 0 Å². The molecule has 0 N–H and O–H groups in total. The first-order valence-corrected chi connectivity index (χ1v) is 7.36. The molecule has 2 aromatic heterocycles. The Balaban J connectivity index is 2.19. The standard InChI is InChI=1S/C20H12N2/c1-3-15-9-7-13-5-6-14-8-10-16-4-2-12-22-20(16)18(14)17(13)19(15)21-11-1/h1-12H. The minimum atomic E-state index is 1.05. The van der Waals surface area contributed by atoms with Crippen molar-refractivity contribution in [2.45, 2.75) is 0 Å². The molecule has 0 aliphatic heterocycles. The fourth-order valence-electron chi connectivity index (χ4n) is 3.30. The topological polar surface area (TPSA) is 25.8 Å². The van der Waals surface area contributed by atoms with Crippen molar-refractivity contribution in [3.63, 3.8) is 0 Å². The first kappa shape index (κ1) is 11.6. The molecule has 3 aromatic carbocycles. The highest BCUT2D eigenvalue weighted by Crippen LogP contribution is 2.34. The van der Waals surface area contributed by atoms with Crippen LogP contribution in [0.1, 0.15) is 0 Å². The Morgan fingerprint density at radius 3 is 1.32 bits per heavy atom. The summed E-state index contributed by atoms with van der Waals surface area (Å²) in [6, 6.07) is 21.1. The third-order valence-electron chi connectivity index (χ3n) is 4.31. The zero-order valence-corrected chi connectivity index (χ0v) is 11.8. The van der Waals surface area contributed by atoms with Gasteiger partial charge in [0.25, 0.3) is 0 Å². The molecule has 0 atom stereocenters. The van der Waals surface area contributed by atoms with E-state index in [4.69, 9.17) is 0 Å². The summed E-state index contributed by atoms with van der Waals surface area (Å²) in [5.74, 6) is 0. The summed E-state index contributed by atoms with van der Waals surface area (Å²) in [5.41, 5.74) is 2.09. The Morgan fingerprint density at radius 1 is 0.455 bits per heavy atom. The van der Waals surface area contributed by atoms with E-state index in [0.717, 1.165) is 21.8 Å². The SMILES string of the molecule is c1cnc2c(c1)ccc1ccc3ccc4cccnc4c3c12. The van der Waals surface area contributed by atoms with Crippen molar-refractivity contribution in [3.05, 3.63) is 73.1 Å². The van der Waals surface area contributed by atoms with E-state index in [9.17, 15) is 0 Å². The zero-order chi connectivity index (χ0) is 14.5. The van der Waals surface area contributed by atoms with Crippen LogP contribution in [0.5, 0.6) is 0 Å². The molecule has 5 aromatic rings. The average Bonchev–Trinajstić information content (AvgIpc) is 2.60. The number of hydrogen-bond acceptors (Lipinski definition) is 2. The lowest BCUT2D eigenvalue weighted by molar-refractivity contribution is 1.42. The van der Waals surface area contributed by atoms with Crippen LogP contribution in [0, 0.1) is 0 Å². The largest absolute Gasteiger partial charge is 0.256 e. The fourth-order valence-corrected chi connectivity index (χ4v) is 3.30. The molecule has 0 saturated heterocycles. The number of aromatic nitrogens is 2. The van der Waals surface area contributed by atoms with E-state index in [2.05, 4.69) is 58.5 Å². The molecule has 0 radical (unpaired) electrons. The molecule has 0 spiro atoms. The summed E-state index contributed by atoms with van der Waals surface area (Å²) < 4.78 is 0. The van der Waals surface area contributed by atoms with E-state index in [1.165, 1.54) is 21.5 Å². The van der Waals surface area contributed by atoms with Crippen LogP contribution in [0.4, 0.5) is 0 Å². The first-order valence-electron chi connectivity index (χ1n) is 7.36. The molecule has 2 heteroatoms. The summed E-state index contributed by atoms with van der Waals surface area (Å²) >= 11 is 0. The zero-order valence-electron chi connectivity index (χ0n) is 11.8. The number of fused-ring (bicyclic) bond motifs is 7. The van der Waals surface area contributed by atoms with Crippen molar-refractivity contribution >= 4 is 43.4 Å². The van der Waals surface area contributed by atoms with Gasteiger partial charge in [-0.3, -0.25) is 9.97 Å². The fraction of sp³-hybridized carbons (Fsp3) is 0. The minimum absolute atomic E-state index is 1.05. The molecule has 0 amide bonds. The van der Waals surface area contributed by atoms with Gasteiger partial charge in [-0.1, -0.05) is 48.5 Å². The van der Waals surface area contributed by atoms with Crippen LogP contribution in [0.3, 0.4) is 0 Å². The summed E-state index contributed by atoms with van der Waals surface area (Å²) in [7, 11) is 0. The van der Waals surface area contributed by atoms with Crippen molar-refractivity contribution in [1.29, 1.82) is 0 Å². The average molecular weight is 280 g/mol. The number of hydrogen-bond donors (Lipinski definition) is 0. The highest BCUT2D eigenvalue weighted by atomic mass is 14.7. The van der Waals surface area contributed by atoms with Crippen LogP contribution in [-0.2, 0) is 0 Å². The lowest BCUT2D eigenvalue weighted by atomic mass is 9.97. The van der Waals surface area contributed by atoms with Crippen molar-refractivity contribution < 1.29 is 0 Å². The molecule has 0 aliphatic rings. The van der Waals surface area contributed by atoms with Gasteiger partial charge in [0, 0.05) is 33.9 Å². The maximum absolute atomic E-state index is 4.64. The second kappa shape index (κ2) is 4.25. The Hall–Kier alpha value is -3.00. The monoisotopic (exact) mass is 280 g/mol. The highest BCUT2D eigenvalue weighted by molar-refractivity contribution is 6.25. The highest BCUT2D eigenvalue weighted by Gasteiger charge is 2.09. The Kier molecular flexibility index (Phi) is 2.25. The van der Waals surface area contributed by atoms with Crippen molar-refractivity contribution in [2.75, 3.05) is 0 Å². The molecular weight excluding hydrogens is 268 g/mol. The van der Waals surface area contributed by atoms with Crippen molar-refractivity contribution in [1.82, 2.24) is 9.97 Å². The Bertz CT molecular complexity index is 1070. The predicted octanol–water partition coefficient (Wildman–Crippen LogP) is 5.09. The molecular formula is C20H12N2. The number of benzene rings is 3. The van der Waals surface area contributed by atoms with E-state index in [1.54, 1.807) is 0 Å². The van der Waals surface area contributed by atoms with Crippen molar-refractivity contribution in [3.8, 4) is 0 Å². The predicted molar refractivity (Wildman–Crippen MR) is 92.1 cm³/mol. The minimum Gasteiger partial charge on any atom is -0.256 e. The van der Waals surface area contributed by atoms with E-state index in [-0.39, 0.29) is 0 Å². The second-order valence-electron chi connectivity index (χ2n) is 5.54. The summed E-state index contributed by atoms with van der Waals surface area (Å²) in [4.78, 5) is 9.28. The van der Waals surface area contributed by atoms with Crippen molar-refractivity contribution in [2.24, 2.45) is 0 Å². The summed E-state index contributed by atoms with van der Waals surface area (Å²) in [6.07, 6.45) is 3.72. The lowest BCUT2D eigenvalue weighted by Crippen LogP contribution is -1.86. The lowest BCUT2D eigenvalue weighted by Gasteiger charge is -2.09. The molecule has 0 bridgehead atoms. The van der Waals surface area contributed by atoms with Crippen LogP contribution in [-0.4, -0.2) is 9.97 Å². The first-order chi connectivity index (χ1) is 10.9. The molecule has 0 unspecified atom stereocenters. The van der Waals surface area contributed by atoms with Gasteiger partial charge in [0.15, 0.2) is 0 Å². The third kappa shape index (κ3) is 1.49. The van der Waals surface area contributed by atoms with E-state index in [0.29, 0.717) is 0 Å². The molecule has 0 aliphatic carbocycles. The van der Waals surface area contributed by atoms with Crippen LogP contribution in [0.25, 0.3) is 43.4 Å². The molecule has 2 nitrogen and oxygen atoms in total. The number of rotatable bonds is 0. The number of nitrogens with zero attached hydrogens (tertiary/aromatic N) is 2. The van der Waals surface area contributed by atoms with Gasteiger partial charge < -0.3 is 0 Å². The summed E-state index contributed by atoms with van der Waals surface area (Å²) in [6.45, 7) is 0. The Labute approximate surface area is 127 Å². The number of pyridine rings is 2. The normalized spacial score (nSPS) is 11.6. The van der Waals surface area contributed by atoms with Gasteiger partial charge in [-0.25, -0.2) is 0 Å². The maximum Gasteiger partial charge on any atom is 0.0787 e. The molecule has 5 rings (SSSR count). The van der Waals surface area contributed by atoms with Gasteiger partial charge >= 0.3 is 0 Å². The van der Waals surface area contributed by atoms with Gasteiger partial charge in [-0.2, -0.15) is 0 Å². The molecule has 2 heterocycles. The van der Waals surface area contributed by atoms with Gasteiger partial charge in [-0.15, -0.1) is 0 Å². The van der Waals surface area contributed by atoms with Crippen LogP contribution in [0.2, 0.25) is 0 Å². The van der Waals surface area contributed by atoms with E-state index in [1.807, 2.05) is 24.5 Å². The van der Waals surface area contributed by atoms with Gasteiger partial charge in [0.2, 0.25) is 0 Å². The Morgan fingerprint density at radius 2 is 0.864 bits per heavy atom. The molecule has 0 fully saturated rings. The quantitative estimate of drug-likeness (QED) is 0.369. The van der Waals surface area contributed by atoms with Gasteiger partial charge in [-0.05, 0) is 22.9 Å². The molecule has 0 saturated carbocycles. The van der Waals surface area contributed by atoms with E-state index < -0.39 is 0 Å². The smallest absolute Gasteiger partial charge is 0.0787 e.